The maximum Gasteiger partial charge on any atom is 0.408 e. The number of aromatic nitrogens is 4. The summed E-state index contributed by atoms with van der Waals surface area (Å²) in [6, 6.07) is 37.4. The van der Waals surface area contributed by atoms with Gasteiger partial charge in [-0.15, -0.1) is 15.0 Å². The van der Waals surface area contributed by atoms with E-state index in [1.54, 1.807) is 25.6 Å². The van der Waals surface area contributed by atoms with Crippen molar-refractivity contribution in [1.29, 1.82) is 0 Å². The summed E-state index contributed by atoms with van der Waals surface area (Å²) in [4.78, 5) is 26.3. The van der Waals surface area contributed by atoms with Gasteiger partial charge < -0.3 is 10.1 Å². The molecule has 1 aromatic heterocycles. The Hall–Kier alpha value is -5.11. The van der Waals surface area contributed by atoms with Gasteiger partial charge in [0.1, 0.15) is 5.60 Å². The lowest BCUT2D eigenvalue weighted by molar-refractivity contribution is -0.119. The average molecular weight is 574 g/mol. The number of Topliss-reactive ketones (excluding diaryl/α,β-unsaturated/α-hetero) is 1. The summed E-state index contributed by atoms with van der Waals surface area (Å²) < 4.78 is 5.33. The maximum atomic E-state index is 12.3. The number of nitrogens with one attached hydrogen (secondary N) is 1. The van der Waals surface area contributed by atoms with Crippen molar-refractivity contribution in [2.24, 2.45) is 0 Å². The van der Waals surface area contributed by atoms with Gasteiger partial charge in [0.05, 0.1) is 6.04 Å². The average Bonchev–Trinajstić information content (AvgIpc) is 3.49. The number of hydrogen-bond acceptors (Lipinski definition) is 6. The van der Waals surface area contributed by atoms with Gasteiger partial charge in [0.25, 0.3) is 0 Å². The molecule has 43 heavy (non-hydrogen) atoms. The highest BCUT2D eigenvalue weighted by Crippen LogP contribution is 2.39. The van der Waals surface area contributed by atoms with E-state index < -0.39 is 23.3 Å². The zero-order valence-corrected chi connectivity index (χ0v) is 24.8. The van der Waals surface area contributed by atoms with Gasteiger partial charge in [-0.05, 0) is 61.6 Å². The molecule has 0 bridgehead atoms. The van der Waals surface area contributed by atoms with Crippen molar-refractivity contribution >= 4 is 11.9 Å². The topological polar surface area (TPSA) is 99.0 Å². The molecule has 0 unspecified atom stereocenters. The van der Waals surface area contributed by atoms with Crippen LogP contribution in [0.3, 0.4) is 0 Å². The summed E-state index contributed by atoms with van der Waals surface area (Å²) in [7, 11) is 0. The standard InChI is InChI=1S/C35H35N5O3/c1-25(41)31(36-33(42)43-34(2,3)4)24-26-20-22-27(23-21-26)32-37-39-40(38-32)35(28-14-8-5-9-15-28,29-16-10-6-11-17-29)30-18-12-7-13-19-30/h5-23,31H,24H2,1-4H3,(H,36,42)/t31-/m0/s1. The van der Waals surface area contributed by atoms with Gasteiger partial charge in [-0.2, -0.15) is 0 Å². The summed E-state index contributed by atoms with van der Waals surface area (Å²) in [5.74, 6) is 0.312. The van der Waals surface area contributed by atoms with Crippen molar-refractivity contribution in [1.82, 2.24) is 25.5 Å². The summed E-state index contributed by atoms with van der Waals surface area (Å²) in [5, 5.41) is 16.7. The van der Waals surface area contributed by atoms with E-state index in [0.717, 1.165) is 27.8 Å². The second-order valence-electron chi connectivity index (χ2n) is 11.4. The van der Waals surface area contributed by atoms with Crippen LogP contribution in [-0.2, 0) is 21.5 Å². The van der Waals surface area contributed by atoms with E-state index >= 15 is 0 Å². The number of ether oxygens (including phenoxy) is 1. The van der Waals surface area contributed by atoms with Gasteiger partial charge in [-0.3, -0.25) is 4.79 Å². The third kappa shape index (κ3) is 6.54. The van der Waals surface area contributed by atoms with Crippen molar-refractivity contribution in [3.8, 4) is 11.4 Å². The Kier molecular flexibility index (Phi) is 8.48. The van der Waals surface area contributed by atoms with Crippen molar-refractivity contribution in [3.05, 3.63) is 138 Å². The highest BCUT2D eigenvalue weighted by molar-refractivity contribution is 5.85. The Morgan fingerprint density at radius 2 is 1.26 bits per heavy atom. The van der Waals surface area contributed by atoms with Crippen LogP contribution in [0, 0.1) is 0 Å². The van der Waals surface area contributed by atoms with Crippen LogP contribution >= 0.6 is 0 Å². The number of amides is 1. The van der Waals surface area contributed by atoms with Gasteiger partial charge in [0, 0.05) is 5.56 Å². The zero-order chi connectivity index (χ0) is 30.5. The number of alkyl carbamates (subject to hydrolysis) is 1. The van der Waals surface area contributed by atoms with Crippen LogP contribution in [0.2, 0.25) is 0 Å². The molecule has 0 aliphatic rings. The Morgan fingerprint density at radius 1 is 0.767 bits per heavy atom. The minimum Gasteiger partial charge on any atom is -0.444 e. The molecule has 0 saturated carbocycles. The first-order valence-corrected chi connectivity index (χ1v) is 14.2. The molecule has 8 heteroatoms. The molecule has 218 valence electrons. The molecular weight excluding hydrogens is 538 g/mol. The van der Waals surface area contributed by atoms with Crippen LogP contribution < -0.4 is 5.32 Å². The van der Waals surface area contributed by atoms with E-state index in [0.29, 0.717) is 12.2 Å². The van der Waals surface area contributed by atoms with Crippen molar-refractivity contribution in [2.45, 2.75) is 51.3 Å². The van der Waals surface area contributed by atoms with E-state index in [1.807, 2.05) is 78.9 Å². The first-order chi connectivity index (χ1) is 20.7. The molecular formula is C35H35N5O3. The van der Waals surface area contributed by atoms with Crippen LogP contribution in [0.15, 0.2) is 115 Å². The van der Waals surface area contributed by atoms with E-state index in [-0.39, 0.29) is 5.78 Å². The SMILES string of the molecule is CC(=O)[C@H](Cc1ccc(-c2nnn(C(c3ccccc3)(c3ccccc3)c3ccccc3)n2)cc1)NC(=O)OC(C)(C)C. The Morgan fingerprint density at radius 3 is 1.70 bits per heavy atom. The molecule has 5 aromatic rings. The quantitative estimate of drug-likeness (QED) is 0.211. The van der Waals surface area contributed by atoms with Crippen LogP contribution in [-0.4, -0.2) is 43.7 Å². The number of hydrogen-bond donors (Lipinski definition) is 1. The second kappa shape index (κ2) is 12.4. The lowest BCUT2D eigenvalue weighted by atomic mass is 9.77. The van der Waals surface area contributed by atoms with E-state index in [4.69, 9.17) is 9.84 Å². The Labute approximate surface area is 251 Å². The molecule has 0 fully saturated rings. The first-order valence-electron chi connectivity index (χ1n) is 14.2. The van der Waals surface area contributed by atoms with Gasteiger partial charge in [0.15, 0.2) is 11.3 Å². The Bertz CT molecular complexity index is 1570. The molecule has 1 N–H and O–H groups in total. The fourth-order valence-corrected chi connectivity index (χ4v) is 5.13. The van der Waals surface area contributed by atoms with Crippen molar-refractivity contribution in [2.75, 3.05) is 0 Å². The molecule has 0 saturated heterocycles. The fraction of sp³-hybridized carbons (Fsp3) is 0.229. The summed E-state index contributed by atoms with van der Waals surface area (Å²) in [5.41, 5.74) is 3.13. The number of carbonyl (C=O) groups excluding carboxylic acids is 2. The molecule has 1 amide bonds. The highest BCUT2D eigenvalue weighted by Gasteiger charge is 2.41. The number of benzene rings is 4. The van der Waals surface area contributed by atoms with Crippen molar-refractivity contribution < 1.29 is 14.3 Å². The maximum absolute atomic E-state index is 12.3. The summed E-state index contributed by atoms with van der Waals surface area (Å²) in [6.45, 7) is 6.79. The number of rotatable bonds is 9. The lowest BCUT2D eigenvalue weighted by Crippen LogP contribution is -2.43. The number of carbonyl (C=O) groups is 2. The third-order valence-electron chi connectivity index (χ3n) is 7.12. The normalized spacial score (nSPS) is 12.4. The zero-order valence-electron chi connectivity index (χ0n) is 24.8. The molecule has 1 atom stereocenters. The first kappa shape index (κ1) is 29.4. The minimum absolute atomic E-state index is 0.154. The fourth-order valence-electron chi connectivity index (χ4n) is 5.13. The molecule has 5 rings (SSSR count). The monoisotopic (exact) mass is 573 g/mol. The highest BCUT2D eigenvalue weighted by atomic mass is 16.6. The number of nitrogens with zero attached hydrogens (tertiary/aromatic N) is 4. The molecule has 8 nitrogen and oxygen atoms in total. The van der Waals surface area contributed by atoms with E-state index in [9.17, 15) is 9.59 Å². The molecule has 1 heterocycles. The van der Waals surface area contributed by atoms with Crippen molar-refractivity contribution in [3.63, 3.8) is 0 Å². The van der Waals surface area contributed by atoms with Gasteiger partial charge in [-0.1, -0.05) is 115 Å². The largest absolute Gasteiger partial charge is 0.444 e. The predicted molar refractivity (Wildman–Crippen MR) is 165 cm³/mol. The third-order valence-corrected chi connectivity index (χ3v) is 7.12. The molecule has 0 aliphatic carbocycles. The summed E-state index contributed by atoms with van der Waals surface area (Å²) in [6.07, 6.45) is -0.294. The molecule has 0 radical (unpaired) electrons. The number of ketones is 1. The van der Waals surface area contributed by atoms with Gasteiger partial charge in [-0.25, -0.2) is 4.79 Å². The predicted octanol–water partition coefficient (Wildman–Crippen LogP) is 6.21. The van der Waals surface area contributed by atoms with Crippen LogP contribution in [0.5, 0.6) is 0 Å². The van der Waals surface area contributed by atoms with Crippen LogP contribution in [0.4, 0.5) is 4.79 Å². The van der Waals surface area contributed by atoms with Gasteiger partial charge >= 0.3 is 6.09 Å². The smallest absolute Gasteiger partial charge is 0.408 e. The van der Waals surface area contributed by atoms with Crippen LogP contribution in [0.25, 0.3) is 11.4 Å². The van der Waals surface area contributed by atoms with Crippen LogP contribution in [0.1, 0.15) is 49.9 Å². The Balaban J connectivity index is 1.48. The second-order valence-corrected chi connectivity index (χ2v) is 11.4. The van der Waals surface area contributed by atoms with E-state index in [2.05, 4.69) is 52.0 Å². The lowest BCUT2D eigenvalue weighted by Gasteiger charge is -2.34. The molecule has 0 aliphatic heterocycles. The molecule has 4 aromatic carbocycles. The summed E-state index contributed by atoms with van der Waals surface area (Å²) >= 11 is 0. The van der Waals surface area contributed by atoms with Gasteiger partial charge in [0.2, 0.25) is 5.82 Å². The minimum atomic E-state index is -0.864. The molecule has 0 spiro atoms. The number of tetrazole rings is 1. The van der Waals surface area contributed by atoms with E-state index in [1.165, 1.54) is 6.92 Å².